The van der Waals surface area contributed by atoms with E-state index in [9.17, 15) is 4.79 Å². The van der Waals surface area contributed by atoms with Gasteiger partial charge < -0.3 is 4.74 Å². The largest absolute Gasteiger partial charge is 0.462 e. The van der Waals surface area contributed by atoms with Crippen LogP contribution in [0.15, 0.2) is 6.20 Å². The predicted molar refractivity (Wildman–Crippen MR) is 77.5 cm³/mol. The molecule has 1 aliphatic heterocycles. The van der Waals surface area contributed by atoms with Crippen LogP contribution in [0.5, 0.6) is 0 Å². The smallest absolute Gasteiger partial charge is 0.341 e. The molecule has 1 aromatic heterocycles. The minimum atomic E-state index is -0.263. The van der Waals surface area contributed by atoms with E-state index in [0.717, 1.165) is 25.2 Å². The highest BCUT2D eigenvalue weighted by Gasteiger charge is 2.25. The molecule has 0 radical (unpaired) electrons. The number of rotatable bonds is 5. The van der Waals surface area contributed by atoms with E-state index in [1.807, 2.05) is 14.0 Å². The van der Waals surface area contributed by atoms with Gasteiger partial charge in [-0.15, -0.1) is 0 Å². The molecule has 0 aliphatic carbocycles. The molecule has 0 bridgehead atoms. The van der Waals surface area contributed by atoms with Gasteiger partial charge in [0, 0.05) is 19.6 Å². The van der Waals surface area contributed by atoms with Crippen molar-refractivity contribution in [1.29, 1.82) is 0 Å². The monoisotopic (exact) mass is 279 g/mol. The molecule has 1 atom stereocenters. The molecule has 0 saturated carbocycles. The summed E-state index contributed by atoms with van der Waals surface area (Å²) in [6, 6.07) is 0.619. The Hall–Kier alpha value is -1.36. The number of esters is 1. The van der Waals surface area contributed by atoms with Crippen molar-refractivity contribution in [2.75, 3.05) is 13.2 Å². The Labute approximate surface area is 120 Å². The maximum atomic E-state index is 12.0. The molecule has 2 rings (SSSR count). The van der Waals surface area contributed by atoms with E-state index in [1.165, 1.54) is 19.3 Å². The summed E-state index contributed by atoms with van der Waals surface area (Å²) in [6.45, 7) is 6.34. The maximum Gasteiger partial charge on any atom is 0.341 e. The summed E-state index contributed by atoms with van der Waals surface area (Å²) >= 11 is 0. The fraction of sp³-hybridized carbons (Fsp3) is 0.733. The standard InChI is InChI=1S/C15H25N3O2/c1-4-12-8-6-7-9-18(12)11-14-13(10-16-17(14)3)15(19)20-5-2/h10,12H,4-9,11H2,1-3H3. The summed E-state index contributed by atoms with van der Waals surface area (Å²) in [5.41, 5.74) is 1.57. The predicted octanol–water partition coefficient (Wildman–Crippen LogP) is 2.36. The first-order chi connectivity index (χ1) is 9.67. The molecule has 0 N–H and O–H groups in total. The van der Waals surface area contributed by atoms with E-state index in [-0.39, 0.29) is 5.97 Å². The average molecular weight is 279 g/mol. The number of aryl methyl sites for hydroxylation is 1. The van der Waals surface area contributed by atoms with Gasteiger partial charge in [0.05, 0.1) is 18.5 Å². The summed E-state index contributed by atoms with van der Waals surface area (Å²) in [7, 11) is 1.89. The molecule has 1 unspecified atom stereocenters. The number of ether oxygens (including phenoxy) is 1. The van der Waals surface area contributed by atoms with Crippen LogP contribution >= 0.6 is 0 Å². The van der Waals surface area contributed by atoms with E-state index < -0.39 is 0 Å². The molecule has 1 saturated heterocycles. The molecule has 2 heterocycles. The Morgan fingerprint density at radius 3 is 2.95 bits per heavy atom. The van der Waals surface area contributed by atoms with Gasteiger partial charge in [0.15, 0.2) is 0 Å². The summed E-state index contributed by atoms with van der Waals surface area (Å²) in [5, 5.41) is 4.23. The van der Waals surface area contributed by atoms with Crippen molar-refractivity contribution < 1.29 is 9.53 Å². The molecule has 5 heteroatoms. The van der Waals surface area contributed by atoms with Crippen LogP contribution in [0.25, 0.3) is 0 Å². The first-order valence-corrected chi connectivity index (χ1v) is 7.59. The number of piperidine rings is 1. The van der Waals surface area contributed by atoms with Crippen LogP contribution in [0, 0.1) is 0 Å². The number of aromatic nitrogens is 2. The van der Waals surface area contributed by atoms with Gasteiger partial charge in [-0.1, -0.05) is 13.3 Å². The van der Waals surface area contributed by atoms with Crippen molar-refractivity contribution in [3.8, 4) is 0 Å². The number of hydrogen-bond donors (Lipinski definition) is 0. The third kappa shape index (κ3) is 3.20. The molecule has 5 nitrogen and oxygen atoms in total. The van der Waals surface area contributed by atoms with Crippen molar-refractivity contribution >= 4 is 5.97 Å². The molecule has 1 fully saturated rings. The Kier molecular flexibility index (Phi) is 5.17. The molecule has 1 aliphatic rings. The van der Waals surface area contributed by atoms with E-state index in [2.05, 4.69) is 16.9 Å². The summed E-state index contributed by atoms with van der Waals surface area (Å²) in [4.78, 5) is 14.5. The maximum absolute atomic E-state index is 12.0. The fourth-order valence-electron chi connectivity index (χ4n) is 2.95. The fourth-order valence-corrected chi connectivity index (χ4v) is 2.95. The third-order valence-corrected chi connectivity index (χ3v) is 4.13. The van der Waals surface area contributed by atoms with Crippen LogP contribution in [0.2, 0.25) is 0 Å². The van der Waals surface area contributed by atoms with Crippen LogP contribution in [-0.2, 0) is 18.3 Å². The Balaban J connectivity index is 2.15. The highest BCUT2D eigenvalue weighted by atomic mass is 16.5. The van der Waals surface area contributed by atoms with Crippen molar-refractivity contribution in [3.63, 3.8) is 0 Å². The number of likely N-dealkylation sites (tertiary alicyclic amines) is 1. The van der Waals surface area contributed by atoms with Crippen molar-refractivity contribution in [3.05, 3.63) is 17.5 Å². The van der Waals surface area contributed by atoms with Crippen LogP contribution < -0.4 is 0 Å². The third-order valence-electron chi connectivity index (χ3n) is 4.13. The number of nitrogens with zero attached hydrogens (tertiary/aromatic N) is 3. The second-order valence-corrected chi connectivity index (χ2v) is 5.38. The number of hydrogen-bond acceptors (Lipinski definition) is 4. The molecule has 20 heavy (non-hydrogen) atoms. The minimum Gasteiger partial charge on any atom is -0.462 e. The van der Waals surface area contributed by atoms with Crippen molar-refractivity contribution in [2.24, 2.45) is 7.05 Å². The molecule has 0 spiro atoms. The average Bonchev–Trinajstić information content (AvgIpc) is 2.81. The lowest BCUT2D eigenvalue weighted by atomic mass is 9.99. The van der Waals surface area contributed by atoms with Gasteiger partial charge in [0.2, 0.25) is 0 Å². The topological polar surface area (TPSA) is 47.4 Å². The molecular formula is C15H25N3O2. The zero-order valence-electron chi connectivity index (χ0n) is 12.8. The number of carbonyl (C=O) groups is 1. The van der Waals surface area contributed by atoms with Gasteiger partial charge >= 0.3 is 5.97 Å². The van der Waals surface area contributed by atoms with E-state index in [4.69, 9.17) is 4.74 Å². The Morgan fingerprint density at radius 1 is 1.45 bits per heavy atom. The lowest BCUT2D eigenvalue weighted by Gasteiger charge is -2.35. The number of carbonyl (C=O) groups excluding carboxylic acids is 1. The van der Waals surface area contributed by atoms with Gasteiger partial charge in [-0.3, -0.25) is 9.58 Å². The SMILES string of the molecule is CCOC(=O)c1cnn(C)c1CN1CCCCC1CC. The Bertz CT molecular complexity index is 456. The molecular weight excluding hydrogens is 254 g/mol. The summed E-state index contributed by atoms with van der Waals surface area (Å²) in [5.74, 6) is -0.263. The molecule has 0 amide bonds. The van der Waals surface area contributed by atoms with Gasteiger partial charge in [-0.25, -0.2) is 4.79 Å². The lowest BCUT2D eigenvalue weighted by molar-refractivity contribution is 0.0521. The molecule has 112 valence electrons. The van der Waals surface area contributed by atoms with Gasteiger partial charge in [-0.05, 0) is 32.7 Å². The lowest BCUT2D eigenvalue weighted by Crippen LogP contribution is -2.39. The van der Waals surface area contributed by atoms with Crippen molar-refractivity contribution in [1.82, 2.24) is 14.7 Å². The highest BCUT2D eigenvalue weighted by Crippen LogP contribution is 2.23. The van der Waals surface area contributed by atoms with E-state index in [0.29, 0.717) is 18.2 Å². The van der Waals surface area contributed by atoms with E-state index in [1.54, 1.807) is 10.9 Å². The second-order valence-electron chi connectivity index (χ2n) is 5.38. The quantitative estimate of drug-likeness (QED) is 0.776. The van der Waals surface area contributed by atoms with Crippen molar-refractivity contribution in [2.45, 2.75) is 52.1 Å². The first-order valence-electron chi connectivity index (χ1n) is 7.59. The van der Waals surface area contributed by atoms with Gasteiger partial charge in [0.1, 0.15) is 5.56 Å². The normalized spacial score (nSPS) is 20.1. The van der Waals surface area contributed by atoms with Gasteiger partial charge in [0.25, 0.3) is 0 Å². The first kappa shape index (κ1) is 15.0. The zero-order chi connectivity index (χ0) is 14.5. The highest BCUT2D eigenvalue weighted by molar-refractivity contribution is 5.90. The van der Waals surface area contributed by atoms with Crippen LogP contribution in [0.3, 0.4) is 0 Å². The molecule has 0 aromatic carbocycles. The summed E-state index contributed by atoms with van der Waals surface area (Å²) in [6.07, 6.45) is 6.59. The van der Waals surface area contributed by atoms with Crippen LogP contribution in [0.1, 0.15) is 55.6 Å². The zero-order valence-corrected chi connectivity index (χ0v) is 12.8. The van der Waals surface area contributed by atoms with Gasteiger partial charge in [-0.2, -0.15) is 5.10 Å². The molecule has 1 aromatic rings. The summed E-state index contributed by atoms with van der Waals surface area (Å²) < 4.78 is 6.91. The second kappa shape index (κ2) is 6.88. The van der Waals surface area contributed by atoms with E-state index >= 15 is 0 Å². The van der Waals surface area contributed by atoms with Crippen LogP contribution in [-0.4, -0.2) is 39.8 Å². The van der Waals surface area contributed by atoms with Crippen LogP contribution in [0.4, 0.5) is 0 Å². The minimum absolute atomic E-state index is 0.263. The Morgan fingerprint density at radius 2 is 2.25 bits per heavy atom.